The maximum absolute atomic E-state index is 12.8. The quantitative estimate of drug-likeness (QED) is 0.228. The van der Waals surface area contributed by atoms with Crippen LogP contribution in [0.2, 0.25) is 0 Å². The molecule has 1 amide bonds. The molecule has 206 valence electrons. The molecule has 39 heavy (non-hydrogen) atoms. The number of nitro groups is 1. The van der Waals surface area contributed by atoms with E-state index in [1.807, 2.05) is 6.92 Å². The Labute approximate surface area is 225 Å². The Morgan fingerprint density at radius 2 is 1.62 bits per heavy atom. The van der Waals surface area contributed by atoms with Gasteiger partial charge in [0, 0.05) is 12.1 Å². The van der Waals surface area contributed by atoms with Crippen LogP contribution in [0.25, 0.3) is 0 Å². The number of carbonyl (C=O) groups excluding carboxylic acids is 1. The van der Waals surface area contributed by atoms with Gasteiger partial charge in [0.1, 0.15) is 6.61 Å². The number of aliphatic hydroxyl groups is 2. The van der Waals surface area contributed by atoms with Crippen molar-refractivity contribution in [3.8, 4) is 0 Å². The summed E-state index contributed by atoms with van der Waals surface area (Å²) in [6.07, 6.45) is -2.59. The third-order valence-corrected chi connectivity index (χ3v) is 7.72. The van der Waals surface area contributed by atoms with E-state index in [-0.39, 0.29) is 36.8 Å². The number of β-amino-alcohol motifs (C(OH)–C–C–N with tert-alkyl or cyclic N) is 1. The third kappa shape index (κ3) is 6.98. The minimum atomic E-state index is -3.93. The highest BCUT2D eigenvalue weighted by Crippen LogP contribution is 2.31. The molecule has 11 nitrogen and oxygen atoms in total. The fraction of sp³-hybridized carbons (Fsp3) is 0.296. The van der Waals surface area contributed by atoms with Crippen LogP contribution in [0.3, 0.4) is 0 Å². The number of amides is 1. The molecule has 1 fully saturated rings. The summed E-state index contributed by atoms with van der Waals surface area (Å²) in [6, 6.07) is 17.6. The molecule has 3 atom stereocenters. The Kier molecular flexibility index (Phi) is 8.60. The molecule has 1 aliphatic rings. The Morgan fingerprint density at radius 1 is 1.03 bits per heavy atom. The van der Waals surface area contributed by atoms with E-state index in [9.17, 15) is 33.5 Å². The highest BCUT2D eigenvalue weighted by atomic mass is 32.2. The zero-order valence-electron chi connectivity index (χ0n) is 21.0. The summed E-state index contributed by atoms with van der Waals surface area (Å²) in [5.74, 6) is 0. The lowest BCUT2D eigenvalue weighted by molar-refractivity contribution is -0.384. The fourth-order valence-electron chi connectivity index (χ4n) is 4.25. The molecule has 1 saturated heterocycles. The van der Waals surface area contributed by atoms with Crippen LogP contribution in [-0.4, -0.2) is 53.2 Å². The maximum atomic E-state index is 12.8. The van der Waals surface area contributed by atoms with Crippen molar-refractivity contribution in [3.05, 3.63) is 105 Å². The zero-order chi connectivity index (χ0) is 28.2. The average Bonchev–Trinajstić information content (AvgIpc) is 3.32. The lowest BCUT2D eigenvalue weighted by Gasteiger charge is -2.28. The molecule has 0 unspecified atom stereocenters. The van der Waals surface area contributed by atoms with Crippen molar-refractivity contribution < 1.29 is 37.3 Å². The van der Waals surface area contributed by atoms with Gasteiger partial charge < -0.3 is 14.9 Å². The lowest BCUT2D eigenvalue weighted by atomic mass is 9.99. The Balaban J connectivity index is 1.36. The average molecular weight is 557 g/mol. The standard InChI is InChI=1S/C27H28N2O9S/c1-18-2-12-24(13-3-18)39(35,36)38-17-20-4-8-21(9-5-20)26(31)25-14-23(30)15-28(25)27(32)37-16-19-6-10-22(11-7-19)29(33)34/h2-13,23,25-26,30-31H,14-17H2,1H3/t23-,25+,26+/m1/s1. The second-order valence-corrected chi connectivity index (χ2v) is 10.9. The predicted octanol–water partition coefficient (Wildman–Crippen LogP) is 3.61. The van der Waals surface area contributed by atoms with Crippen LogP contribution in [0, 0.1) is 17.0 Å². The van der Waals surface area contributed by atoms with Gasteiger partial charge in [0.05, 0.1) is 41.2 Å². The van der Waals surface area contributed by atoms with Crippen LogP contribution in [0.1, 0.15) is 34.8 Å². The topological polar surface area (TPSA) is 157 Å². The van der Waals surface area contributed by atoms with Gasteiger partial charge in [0.25, 0.3) is 15.8 Å². The van der Waals surface area contributed by atoms with E-state index in [0.29, 0.717) is 16.7 Å². The number of ether oxygens (including phenoxy) is 1. The van der Waals surface area contributed by atoms with E-state index in [2.05, 4.69) is 0 Å². The van der Waals surface area contributed by atoms with Gasteiger partial charge in [-0.2, -0.15) is 8.42 Å². The summed E-state index contributed by atoms with van der Waals surface area (Å²) in [5, 5.41) is 32.0. The smallest absolute Gasteiger partial charge is 0.410 e. The molecule has 0 saturated carbocycles. The molecule has 1 aliphatic heterocycles. The van der Waals surface area contributed by atoms with Gasteiger partial charge in [-0.25, -0.2) is 4.79 Å². The predicted molar refractivity (Wildman–Crippen MR) is 139 cm³/mol. The first kappa shape index (κ1) is 28.2. The molecule has 2 N–H and O–H groups in total. The first-order chi connectivity index (χ1) is 18.5. The minimum Gasteiger partial charge on any atom is -0.445 e. The molecular formula is C27H28N2O9S. The number of benzene rings is 3. The van der Waals surface area contributed by atoms with Crippen LogP contribution >= 0.6 is 0 Å². The maximum Gasteiger partial charge on any atom is 0.410 e. The molecule has 3 aromatic carbocycles. The molecule has 4 rings (SSSR count). The van der Waals surface area contributed by atoms with Crippen molar-refractivity contribution in [2.45, 2.75) is 49.7 Å². The van der Waals surface area contributed by atoms with Gasteiger partial charge in [-0.15, -0.1) is 0 Å². The third-order valence-electron chi connectivity index (χ3n) is 6.44. The molecule has 0 spiro atoms. The molecule has 12 heteroatoms. The molecule has 3 aromatic rings. The van der Waals surface area contributed by atoms with Gasteiger partial charge in [0.2, 0.25) is 0 Å². The summed E-state index contributed by atoms with van der Waals surface area (Å²) < 4.78 is 35.3. The summed E-state index contributed by atoms with van der Waals surface area (Å²) >= 11 is 0. The van der Waals surface area contributed by atoms with Gasteiger partial charge in [-0.1, -0.05) is 42.0 Å². The van der Waals surface area contributed by atoms with Gasteiger partial charge >= 0.3 is 6.09 Å². The van der Waals surface area contributed by atoms with Gasteiger partial charge in [0.15, 0.2) is 0 Å². The van der Waals surface area contributed by atoms with Crippen molar-refractivity contribution in [3.63, 3.8) is 0 Å². The largest absolute Gasteiger partial charge is 0.445 e. The normalized spacial score (nSPS) is 18.1. The highest BCUT2D eigenvalue weighted by Gasteiger charge is 2.40. The lowest BCUT2D eigenvalue weighted by Crippen LogP contribution is -2.39. The number of carbonyl (C=O) groups is 1. The van der Waals surface area contributed by atoms with Crippen LogP contribution in [0.15, 0.2) is 77.7 Å². The van der Waals surface area contributed by atoms with Crippen molar-refractivity contribution in [1.29, 1.82) is 0 Å². The molecule has 0 aliphatic carbocycles. The van der Waals surface area contributed by atoms with Gasteiger partial charge in [-0.3, -0.25) is 19.2 Å². The summed E-state index contributed by atoms with van der Waals surface area (Å²) in [5.41, 5.74) is 2.42. The molecule has 0 aromatic heterocycles. The number of likely N-dealkylation sites (tertiary alicyclic amines) is 1. The number of hydrogen-bond acceptors (Lipinski definition) is 9. The molecule has 1 heterocycles. The van der Waals surface area contributed by atoms with E-state index in [1.165, 1.54) is 41.3 Å². The fourth-order valence-corrected chi connectivity index (χ4v) is 5.14. The van der Waals surface area contributed by atoms with Crippen LogP contribution < -0.4 is 0 Å². The molecule has 0 radical (unpaired) electrons. The van der Waals surface area contributed by atoms with Crippen LogP contribution in [0.5, 0.6) is 0 Å². The van der Waals surface area contributed by atoms with Crippen molar-refractivity contribution in [1.82, 2.24) is 4.90 Å². The zero-order valence-corrected chi connectivity index (χ0v) is 21.9. The number of aryl methyl sites for hydroxylation is 1. The van der Waals surface area contributed by atoms with E-state index < -0.39 is 39.4 Å². The van der Waals surface area contributed by atoms with E-state index in [0.717, 1.165) is 5.56 Å². The first-order valence-corrected chi connectivity index (χ1v) is 13.5. The first-order valence-electron chi connectivity index (χ1n) is 12.1. The SMILES string of the molecule is Cc1ccc(S(=O)(=O)OCc2ccc([C@H](O)[C@@H]3C[C@@H](O)CN3C(=O)OCc3ccc([N+](=O)[O-])cc3)cc2)cc1. The summed E-state index contributed by atoms with van der Waals surface area (Å²) in [4.78, 5) is 24.3. The van der Waals surface area contributed by atoms with Crippen LogP contribution in [-0.2, 0) is 32.3 Å². The Bertz CT molecular complexity index is 1410. The number of nitrogens with zero attached hydrogens (tertiary/aromatic N) is 2. The van der Waals surface area contributed by atoms with Crippen molar-refractivity contribution >= 4 is 21.9 Å². The van der Waals surface area contributed by atoms with Crippen LogP contribution in [0.4, 0.5) is 10.5 Å². The number of non-ortho nitro benzene ring substituents is 1. The van der Waals surface area contributed by atoms with Crippen molar-refractivity contribution in [2.24, 2.45) is 0 Å². The van der Waals surface area contributed by atoms with E-state index >= 15 is 0 Å². The second kappa shape index (κ2) is 11.9. The Hall–Kier alpha value is -3.84. The Morgan fingerprint density at radius 3 is 2.23 bits per heavy atom. The molecule has 0 bridgehead atoms. The summed E-state index contributed by atoms with van der Waals surface area (Å²) in [6.45, 7) is 1.50. The number of hydrogen-bond donors (Lipinski definition) is 2. The van der Waals surface area contributed by atoms with E-state index in [1.54, 1.807) is 36.4 Å². The number of rotatable bonds is 9. The number of aliphatic hydroxyl groups excluding tert-OH is 2. The second-order valence-electron chi connectivity index (χ2n) is 9.30. The van der Waals surface area contributed by atoms with Crippen molar-refractivity contribution in [2.75, 3.05) is 6.54 Å². The monoisotopic (exact) mass is 556 g/mol. The van der Waals surface area contributed by atoms with E-state index in [4.69, 9.17) is 8.92 Å². The van der Waals surface area contributed by atoms with Gasteiger partial charge in [-0.05, 0) is 54.3 Å². The number of nitro benzene ring substituents is 1. The highest BCUT2D eigenvalue weighted by molar-refractivity contribution is 7.86. The minimum absolute atomic E-state index is 0.0242. The molecular weight excluding hydrogens is 528 g/mol. The summed E-state index contributed by atoms with van der Waals surface area (Å²) in [7, 11) is -3.93.